The lowest BCUT2D eigenvalue weighted by Gasteiger charge is -2.19. The average molecular weight is 274 g/mol. The summed E-state index contributed by atoms with van der Waals surface area (Å²) < 4.78 is 0. The number of nitrogens with two attached hydrogens (primary N) is 1. The molecule has 1 heterocycles. The van der Waals surface area contributed by atoms with E-state index in [0.717, 1.165) is 0 Å². The van der Waals surface area contributed by atoms with Crippen LogP contribution >= 0.6 is 0 Å². The summed E-state index contributed by atoms with van der Waals surface area (Å²) in [6.07, 6.45) is 0.414. The molecule has 3 N–H and O–H groups in total. The van der Waals surface area contributed by atoms with E-state index < -0.39 is 0 Å². The first kappa shape index (κ1) is 15.5. The monoisotopic (exact) mass is 274 g/mol. The number of hydrogen-bond donors (Lipinski definition) is 2. The number of nitrogen functional groups attached to an aromatic ring is 1. The molecule has 1 rings (SSSR count). The molecule has 0 saturated heterocycles. The van der Waals surface area contributed by atoms with Gasteiger partial charge in [0.1, 0.15) is 0 Å². The van der Waals surface area contributed by atoms with Gasteiger partial charge in [0.25, 0.3) is 5.91 Å². The lowest BCUT2D eigenvalue weighted by molar-refractivity contribution is 0.0757. The van der Waals surface area contributed by atoms with Gasteiger partial charge in [0.05, 0.1) is 36.4 Å². The van der Waals surface area contributed by atoms with Gasteiger partial charge >= 0.3 is 0 Å². The molecule has 0 aliphatic heterocycles. The number of H-pyrrole nitrogens is 1. The number of aromatic nitrogens is 2. The molecule has 106 valence electrons. The zero-order valence-corrected chi connectivity index (χ0v) is 11.7. The van der Waals surface area contributed by atoms with Crippen molar-refractivity contribution >= 4 is 11.6 Å². The number of nitrogens with zero attached hydrogens (tertiary/aromatic N) is 4. The van der Waals surface area contributed by atoms with Gasteiger partial charge in [0.15, 0.2) is 5.69 Å². The molecule has 20 heavy (non-hydrogen) atoms. The van der Waals surface area contributed by atoms with Gasteiger partial charge in [-0.05, 0) is 5.92 Å². The summed E-state index contributed by atoms with van der Waals surface area (Å²) in [5, 5.41) is 24.0. The van der Waals surface area contributed by atoms with Crippen molar-refractivity contribution in [3.63, 3.8) is 0 Å². The van der Waals surface area contributed by atoms with Crippen LogP contribution in [0.3, 0.4) is 0 Å². The third-order valence-corrected chi connectivity index (χ3v) is 2.89. The van der Waals surface area contributed by atoms with E-state index in [4.69, 9.17) is 16.3 Å². The third kappa shape index (κ3) is 3.48. The fourth-order valence-electron chi connectivity index (χ4n) is 1.80. The van der Waals surface area contributed by atoms with Crippen LogP contribution in [0.1, 0.15) is 48.8 Å². The molecule has 0 spiro atoms. The molecule has 0 bridgehead atoms. The topological polar surface area (TPSA) is 123 Å². The molecule has 0 aromatic carbocycles. The summed E-state index contributed by atoms with van der Waals surface area (Å²) >= 11 is 0. The fourth-order valence-corrected chi connectivity index (χ4v) is 1.80. The number of amides is 1. The van der Waals surface area contributed by atoms with E-state index in [-0.39, 0.29) is 43.5 Å². The molecule has 1 aromatic heterocycles. The van der Waals surface area contributed by atoms with Gasteiger partial charge in [0.2, 0.25) is 0 Å². The summed E-state index contributed by atoms with van der Waals surface area (Å²) in [5.74, 6) is -0.216. The van der Waals surface area contributed by atoms with Crippen LogP contribution in [0.15, 0.2) is 0 Å². The second kappa shape index (κ2) is 7.15. The molecule has 0 radical (unpaired) electrons. The molecule has 0 unspecified atom stereocenters. The smallest absolute Gasteiger partial charge is 0.276 e. The summed E-state index contributed by atoms with van der Waals surface area (Å²) in [6.45, 7) is 4.42. The number of anilines is 1. The van der Waals surface area contributed by atoms with Crippen LogP contribution in [0.4, 0.5) is 5.69 Å². The molecule has 7 nitrogen and oxygen atoms in total. The van der Waals surface area contributed by atoms with Gasteiger partial charge in [-0.2, -0.15) is 15.6 Å². The molecular formula is C13H18N6O. The van der Waals surface area contributed by atoms with E-state index in [9.17, 15) is 4.79 Å². The Hall–Kier alpha value is -2.54. The molecule has 0 aliphatic rings. The maximum absolute atomic E-state index is 12.4. The number of carbonyl (C=O) groups is 1. The number of aromatic amines is 1. The maximum atomic E-state index is 12.4. The summed E-state index contributed by atoms with van der Waals surface area (Å²) in [6, 6.07) is 3.97. The molecule has 7 heteroatoms. The highest BCUT2D eigenvalue weighted by Gasteiger charge is 2.23. The standard InChI is InChI=1S/C13H18N6O/c1-9(2)11-10(16)12(18-17-11)13(20)19(7-3-5-14)8-4-6-15/h9H,3-4,7-8,16H2,1-2H3,(H,17,18). The van der Waals surface area contributed by atoms with E-state index >= 15 is 0 Å². The molecule has 0 atom stereocenters. The second-order valence-corrected chi connectivity index (χ2v) is 4.66. The molecule has 0 saturated carbocycles. The van der Waals surface area contributed by atoms with Crippen LogP contribution in [-0.2, 0) is 0 Å². The van der Waals surface area contributed by atoms with E-state index in [1.54, 1.807) is 0 Å². The highest BCUT2D eigenvalue weighted by molar-refractivity contribution is 5.97. The van der Waals surface area contributed by atoms with Gasteiger partial charge in [-0.3, -0.25) is 9.89 Å². The van der Waals surface area contributed by atoms with Crippen molar-refractivity contribution in [1.29, 1.82) is 10.5 Å². The van der Waals surface area contributed by atoms with Crippen molar-refractivity contribution in [2.75, 3.05) is 18.8 Å². The predicted molar refractivity (Wildman–Crippen MR) is 73.5 cm³/mol. The third-order valence-electron chi connectivity index (χ3n) is 2.89. The first-order chi connectivity index (χ1) is 9.52. The first-order valence-electron chi connectivity index (χ1n) is 6.39. The van der Waals surface area contributed by atoms with Crippen molar-refractivity contribution < 1.29 is 4.79 Å². The summed E-state index contributed by atoms with van der Waals surface area (Å²) in [5.41, 5.74) is 7.14. The highest BCUT2D eigenvalue weighted by Crippen LogP contribution is 2.23. The molecular weight excluding hydrogens is 256 g/mol. The lowest BCUT2D eigenvalue weighted by Crippen LogP contribution is -2.33. The Labute approximate surface area is 118 Å². The highest BCUT2D eigenvalue weighted by atomic mass is 16.2. The molecule has 1 aromatic rings. The first-order valence-corrected chi connectivity index (χ1v) is 6.39. The van der Waals surface area contributed by atoms with Gasteiger partial charge in [0, 0.05) is 13.1 Å². The van der Waals surface area contributed by atoms with E-state index in [2.05, 4.69) is 10.2 Å². The van der Waals surface area contributed by atoms with Crippen LogP contribution in [0.2, 0.25) is 0 Å². The number of nitrogens with one attached hydrogen (secondary N) is 1. The minimum Gasteiger partial charge on any atom is -0.395 e. The Morgan fingerprint density at radius 3 is 2.30 bits per heavy atom. The van der Waals surface area contributed by atoms with Crippen LogP contribution in [0.25, 0.3) is 0 Å². The Morgan fingerprint density at radius 1 is 1.35 bits per heavy atom. The quantitative estimate of drug-likeness (QED) is 0.811. The largest absolute Gasteiger partial charge is 0.395 e. The average Bonchev–Trinajstić information content (AvgIpc) is 2.80. The number of rotatable bonds is 6. The van der Waals surface area contributed by atoms with Crippen molar-refractivity contribution in [3.05, 3.63) is 11.4 Å². The Kier molecular flexibility index (Phi) is 5.55. The van der Waals surface area contributed by atoms with Crippen molar-refractivity contribution in [1.82, 2.24) is 15.1 Å². The SMILES string of the molecule is CC(C)c1[nH]nc(C(=O)N(CCC#N)CCC#N)c1N. The maximum Gasteiger partial charge on any atom is 0.276 e. The Bertz CT molecular complexity index is 530. The summed E-state index contributed by atoms with van der Waals surface area (Å²) in [7, 11) is 0. The number of hydrogen-bond acceptors (Lipinski definition) is 5. The van der Waals surface area contributed by atoms with E-state index in [0.29, 0.717) is 11.4 Å². The molecule has 1 amide bonds. The van der Waals surface area contributed by atoms with Crippen molar-refractivity contribution in [3.8, 4) is 12.1 Å². The van der Waals surface area contributed by atoms with Gasteiger partial charge in [-0.1, -0.05) is 13.8 Å². The minimum atomic E-state index is -0.351. The zero-order chi connectivity index (χ0) is 15.1. The normalized spacial score (nSPS) is 10.1. The van der Waals surface area contributed by atoms with Gasteiger partial charge in [-0.25, -0.2) is 0 Å². The van der Waals surface area contributed by atoms with Gasteiger partial charge < -0.3 is 10.6 Å². The van der Waals surface area contributed by atoms with Crippen LogP contribution in [-0.4, -0.2) is 34.1 Å². The predicted octanol–water partition coefficient (Wildman–Crippen LogP) is 1.38. The van der Waals surface area contributed by atoms with Crippen LogP contribution in [0, 0.1) is 22.7 Å². The zero-order valence-electron chi connectivity index (χ0n) is 11.7. The van der Waals surface area contributed by atoms with Crippen molar-refractivity contribution in [2.24, 2.45) is 0 Å². The van der Waals surface area contributed by atoms with E-state index in [1.165, 1.54) is 4.90 Å². The van der Waals surface area contributed by atoms with Crippen molar-refractivity contribution in [2.45, 2.75) is 32.6 Å². The number of carbonyl (C=O) groups excluding carboxylic acids is 1. The second-order valence-electron chi connectivity index (χ2n) is 4.66. The van der Waals surface area contributed by atoms with Crippen LogP contribution < -0.4 is 5.73 Å². The minimum absolute atomic E-state index is 0.135. The molecule has 0 aliphatic carbocycles. The number of nitriles is 2. The van der Waals surface area contributed by atoms with Crippen LogP contribution in [0.5, 0.6) is 0 Å². The fraction of sp³-hybridized carbons (Fsp3) is 0.538. The lowest BCUT2D eigenvalue weighted by atomic mass is 10.1. The Balaban J connectivity index is 2.94. The van der Waals surface area contributed by atoms with E-state index in [1.807, 2.05) is 26.0 Å². The van der Waals surface area contributed by atoms with Gasteiger partial charge in [-0.15, -0.1) is 0 Å². The molecule has 0 fully saturated rings. The summed E-state index contributed by atoms with van der Waals surface area (Å²) in [4.78, 5) is 13.8. The Morgan fingerprint density at radius 2 is 1.90 bits per heavy atom.